The normalized spacial score (nSPS) is 18.4. The van der Waals surface area contributed by atoms with Crippen LogP contribution in [-0.2, 0) is 32.2 Å². The van der Waals surface area contributed by atoms with E-state index in [1.165, 1.54) is 13.2 Å². The number of amides is 2. The Morgan fingerprint density at radius 3 is 2.90 bits per heavy atom. The van der Waals surface area contributed by atoms with Gasteiger partial charge in [0, 0.05) is 19.5 Å². The van der Waals surface area contributed by atoms with Gasteiger partial charge in [-0.15, -0.1) is 0 Å². The van der Waals surface area contributed by atoms with Crippen LogP contribution >= 0.6 is 0 Å². The number of rotatable bonds is 7. The number of hydrogen-bond acceptors (Lipinski definition) is 7. The second-order valence-electron chi connectivity index (χ2n) is 7.24. The number of esters is 1. The Morgan fingerprint density at radius 1 is 1.27 bits per heavy atom. The average molecular weight is 414 g/mol. The smallest absolute Gasteiger partial charge is 0.312 e. The molecule has 0 bridgehead atoms. The van der Waals surface area contributed by atoms with Crippen LogP contribution in [0.2, 0.25) is 0 Å². The van der Waals surface area contributed by atoms with E-state index in [2.05, 4.69) is 5.32 Å². The zero-order chi connectivity index (χ0) is 21.1. The molecule has 9 nitrogen and oxygen atoms in total. The fourth-order valence-corrected chi connectivity index (χ4v) is 3.38. The summed E-state index contributed by atoms with van der Waals surface area (Å²) in [6, 6.07) is 8.90. The van der Waals surface area contributed by atoms with Gasteiger partial charge in [-0.25, -0.2) is 0 Å². The zero-order valence-electron chi connectivity index (χ0n) is 16.5. The molecule has 9 heteroatoms. The Morgan fingerprint density at radius 2 is 2.10 bits per heavy atom. The number of furan rings is 1. The summed E-state index contributed by atoms with van der Waals surface area (Å²) < 4.78 is 21.1. The number of nitrogens with zero attached hydrogens (tertiary/aromatic N) is 1. The number of ether oxygens (including phenoxy) is 3. The number of likely N-dealkylation sites (tertiary alicyclic amines) is 1. The highest BCUT2D eigenvalue weighted by Gasteiger charge is 2.36. The molecule has 3 heterocycles. The molecule has 2 amide bonds. The highest BCUT2D eigenvalue weighted by molar-refractivity contribution is 5.88. The van der Waals surface area contributed by atoms with Gasteiger partial charge in [0.1, 0.15) is 5.76 Å². The molecule has 2 aromatic rings. The first-order valence-electron chi connectivity index (χ1n) is 9.66. The van der Waals surface area contributed by atoms with Gasteiger partial charge in [0.15, 0.2) is 17.6 Å². The largest absolute Gasteiger partial charge is 0.467 e. The first-order chi connectivity index (χ1) is 14.5. The third kappa shape index (κ3) is 4.40. The molecule has 0 aliphatic carbocycles. The summed E-state index contributed by atoms with van der Waals surface area (Å²) in [6.45, 7) is 2.49. The Labute approximate surface area is 172 Å². The molecule has 30 heavy (non-hydrogen) atoms. The molecule has 2 atom stereocenters. The van der Waals surface area contributed by atoms with Crippen LogP contribution in [0.4, 0.5) is 0 Å². The summed E-state index contributed by atoms with van der Waals surface area (Å²) in [5.41, 5.74) is 0.834. The first-order valence-corrected chi connectivity index (χ1v) is 9.66. The van der Waals surface area contributed by atoms with E-state index in [0.29, 0.717) is 23.8 Å². The van der Waals surface area contributed by atoms with Crippen molar-refractivity contribution in [2.45, 2.75) is 32.5 Å². The lowest BCUT2D eigenvalue weighted by Crippen LogP contribution is -2.37. The average Bonchev–Trinajstić information content (AvgIpc) is 3.48. The van der Waals surface area contributed by atoms with Crippen LogP contribution < -0.4 is 14.8 Å². The SMILES string of the molecule is C[C@@H](OC(=O)[C@H]1CC(=O)N(Cc2ccco2)C1)C(=O)NCc1ccc2c(c1)OCO2. The van der Waals surface area contributed by atoms with Crippen molar-refractivity contribution in [3.8, 4) is 11.5 Å². The molecular formula is C21H22N2O7. The fourth-order valence-electron chi connectivity index (χ4n) is 3.38. The highest BCUT2D eigenvalue weighted by atomic mass is 16.7. The van der Waals surface area contributed by atoms with Crippen molar-refractivity contribution in [1.29, 1.82) is 0 Å². The Hall–Kier alpha value is -3.49. The van der Waals surface area contributed by atoms with E-state index in [1.807, 2.05) is 6.07 Å². The molecule has 158 valence electrons. The van der Waals surface area contributed by atoms with Gasteiger partial charge in [0.25, 0.3) is 5.91 Å². The molecule has 2 aliphatic heterocycles. The predicted molar refractivity (Wildman–Crippen MR) is 102 cm³/mol. The summed E-state index contributed by atoms with van der Waals surface area (Å²) in [5.74, 6) is 0.220. The van der Waals surface area contributed by atoms with Gasteiger partial charge < -0.3 is 28.8 Å². The lowest BCUT2D eigenvalue weighted by molar-refractivity contribution is -0.158. The molecule has 2 aliphatic rings. The number of carbonyl (C=O) groups excluding carboxylic acids is 3. The summed E-state index contributed by atoms with van der Waals surface area (Å²) >= 11 is 0. The van der Waals surface area contributed by atoms with Crippen molar-refractivity contribution < 1.29 is 33.0 Å². The zero-order valence-corrected chi connectivity index (χ0v) is 16.5. The van der Waals surface area contributed by atoms with Gasteiger partial charge in [0.05, 0.1) is 18.7 Å². The summed E-state index contributed by atoms with van der Waals surface area (Å²) in [4.78, 5) is 38.4. The van der Waals surface area contributed by atoms with Crippen LogP contribution in [0, 0.1) is 5.92 Å². The lowest BCUT2D eigenvalue weighted by Gasteiger charge is -2.17. The van der Waals surface area contributed by atoms with Gasteiger partial charge in [-0.3, -0.25) is 14.4 Å². The minimum absolute atomic E-state index is 0.0606. The van der Waals surface area contributed by atoms with E-state index in [9.17, 15) is 14.4 Å². The van der Waals surface area contributed by atoms with Crippen LogP contribution in [0.15, 0.2) is 41.0 Å². The maximum absolute atomic E-state index is 12.4. The number of carbonyl (C=O) groups is 3. The second-order valence-corrected chi connectivity index (χ2v) is 7.24. The quantitative estimate of drug-likeness (QED) is 0.686. The number of benzene rings is 1. The van der Waals surface area contributed by atoms with Crippen LogP contribution in [0.25, 0.3) is 0 Å². The van der Waals surface area contributed by atoms with Crippen LogP contribution in [0.5, 0.6) is 11.5 Å². The van der Waals surface area contributed by atoms with Crippen molar-refractivity contribution >= 4 is 17.8 Å². The monoisotopic (exact) mass is 414 g/mol. The topological polar surface area (TPSA) is 107 Å². The molecular weight excluding hydrogens is 392 g/mol. The molecule has 0 spiro atoms. The standard InChI is InChI=1S/C21H22N2O7/c1-13(20(25)22-9-14-4-5-17-18(7-14)29-12-28-17)30-21(26)15-8-19(24)23(10-15)11-16-3-2-6-27-16/h2-7,13,15H,8-12H2,1H3,(H,22,25)/t13-,15+/m1/s1. The Kier molecular flexibility index (Phi) is 5.60. The first kappa shape index (κ1) is 19.8. The Balaban J connectivity index is 1.24. The number of fused-ring (bicyclic) bond motifs is 1. The van der Waals surface area contributed by atoms with Crippen LogP contribution in [-0.4, -0.2) is 42.1 Å². The van der Waals surface area contributed by atoms with Crippen molar-refractivity contribution in [2.75, 3.05) is 13.3 Å². The summed E-state index contributed by atoms with van der Waals surface area (Å²) in [6.07, 6.45) is 0.622. The van der Waals surface area contributed by atoms with Crippen LogP contribution in [0.1, 0.15) is 24.7 Å². The van der Waals surface area contributed by atoms with Crippen molar-refractivity contribution in [1.82, 2.24) is 10.2 Å². The van der Waals surface area contributed by atoms with E-state index in [4.69, 9.17) is 18.6 Å². The van der Waals surface area contributed by atoms with Gasteiger partial charge >= 0.3 is 5.97 Å². The number of nitrogens with one attached hydrogen (secondary N) is 1. The third-order valence-electron chi connectivity index (χ3n) is 5.04. The van der Waals surface area contributed by atoms with Gasteiger partial charge in [-0.1, -0.05) is 6.07 Å². The van der Waals surface area contributed by atoms with Gasteiger partial charge in [0.2, 0.25) is 12.7 Å². The predicted octanol–water partition coefficient (Wildman–Crippen LogP) is 1.60. The number of hydrogen-bond donors (Lipinski definition) is 1. The molecule has 4 rings (SSSR count). The molecule has 0 saturated carbocycles. The van der Waals surface area contributed by atoms with Crippen molar-refractivity contribution in [3.05, 3.63) is 47.9 Å². The van der Waals surface area contributed by atoms with E-state index in [0.717, 1.165) is 5.56 Å². The van der Waals surface area contributed by atoms with Crippen molar-refractivity contribution in [3.63, 3.8) is 0 Å². The van der Waals surface area contributed by atoms with E-state index in [-0.39, 0.29) is 32.2 Å². The third-order valence-corrected chi connectivity index (χ3v) is 5.04. The molecule has 1 saturated heterocycles. The molecule has 0 radical (unpaired) electrons. The summed E-state index contributed by atoms with van der Waals surface area (Å²) in [5, 5.41) is 2.73. The highest BCUT2D eigenvalue weighted by Crippen LogP contribution is 2.32. The van der Waals surface area contributed by atoms with Crippen molar-refractivity contribution in [2.24, 2.45) is 5.92 Å². The van der Waals surface area contributed by atoms with E-state index in [1.54, 1.807) is 29.2 Å². The van der Waals surface area contributed by atoms with Gasteiger partial charge in [-0.2, -0.15) is 0 Å². The lowest BCUT2D eigenvalue weighted by atomic mass is 10.1. The maximum Gasteiger partial charge on any atom is 0.312 e. The summed E-state index contributed by atoms with van der Waals surface area (Å²) in [7, 11) is 0. The van der Waals surface area contributed by atoms with Crippen LogP contribution in [0.3, 0.4) is 0 Å². The Bertz CT molecular complexity index is 941. The van der Waals surface area contributed by atoms with E-state index < -0.39 is 23.9 Å². The maximum atomic E-state index is 12.4. The minimum Gasteiger partial charge on any atom is -0.467 e. The molecule has 0 unspecified atom stereocenters. The second kappa shape index (κ2) is 8.48. The molecule has 1 aromatic heterocycles. The molecule has 1 aromatic carbocycles. The minimum atomic E-state index is -0.972. The van der Waals surface area contributed by atoms with Gasteiger partial charge in [-0.05, 0) is 36.8 Å². The molecule has 1 N–H and O–H groups in total. The fraction of sp³-hybridized carbons (Fsp3) is 0.381. The molecule has 1 fully saturated rings. The van der Waals surface area contributed by atoms with E-state index >= 15 is 0 Å².